The largest absolute Gasteiger partial charge is 0.439 e. The van der Waals surface area contributed by atoms with Crippen molar-refractivity contribution in [3.8, 4) is 11.6 Å². The molecule has 16 heavy (non-hydrogen) atoms. The lowest BCUT2D eigenvalue weighted by molar-refractivity contribution is 0.281. The molecule has 3 heteroatoms. The first kappa shape index (κ1) is 10.6. The Kier molecular flexibility index (Phi) is 3.17. The third kappa shape index (κ3) is 2.38. The number of aliphatic hydroxyl groups is 1. The van der Waals surface area contributed by atoms with Gasteiger partial charge in [-0.2, -0.15) is 0 Å². The molecule has 0 amide bonds. The summed E-state index contributed by atoms with van der Waals surface area (Å²) in [6.45, 7) is 1.98. The first-order valence-corrected chi connectivity index (χ1v) is 5.09. The van der Waals surface area contributed by atoms with Crippen molar-refractivity contribution in [1.82, 2.24) is 4.98 Å². The van der Waals surface area contributed by atoms with Gasteiger partial charge in [0.15, 0.2) is 0 Å². The van der Waals surface area contributed by atoms with Crippen LogP contribution < -0.4 is 4.74 Å². The van der Waals surface area contributed by atoms with Gasteiger partial charge in [0.25, 0.3) is 0 Å². The molecule has 0 saturated heterocycles. The Morgan fingerprint density at radius 3 is 2.62 bits per heavy atom. The lowest BCUT2D eigenvalue weighted by Crippen LogP contribution is -1.91. The van der Waals surface area contributed by atoms with Crippen LogP contribution in [0.5, 0.6) is 11.6 Å². The average molecular weight is 215 g/mol. The van der Waals surface area contributed by atoms with E-state index in [0.29, 0.717) is 5.88 Å². The van der Waals surface area contributed by atoms with E-state index in [1.165, 1.54) is 0 Å². The van der Waals surface area contributed by atoms with Crippen LogP contribution in [0.4, 0.5) is 0 Å². The van der Waals surface area contributed by atoms with Crippen LogP contribution in [0.1, 0.15) is 11.1 Å². The SMILES string of the molecule is Cc1ccccc1Oc1ccc(CO)cn1. The van der Waals surface area contributed by atoms with Gasteiger partial charge in [-0.3, -0.25) is 0 Å². The fourth-order valence-electron chi connectivity index (χ4n) is 1.35. The predicted octanol–water partition coefficient (Wildman–Crippen LogP) is 2.67. The van der Waals surface area contributed by atoms with Crippen molar-refractivity contribution < 1.29 is 9.84 Å². The average Bonchev–Trinajstić information content (AvgIpc) is 2.33. The molecule has 1 heterocycles. The van der Waals surface area contributed by atoms with Gasteiger partial charge in [-0.15, -0.1) is 0 Å². The first-order chi connectivity index (χ1) is 7.79. The number of rotatable bonds is 3. The van der Waals surface area contributed by atoms with Gasteiger partial charge in [0.1, 0.15) is 5.75 Å². The summed E-state index contributed by atoms with van der Waals surface area (Å²) in [5.74, 6) is 1.33. The number of hydrogen-bond donors (Lipinski definition) is 1. The van der Waals surface area contributed by atoms with Gasteiger partial charge in [-0.25, -0.2) is 4.98 Å². The molecule has 0 radical (unpaired) electrons. The number of benzene rings is 1. The number of hydrogen-bond acceptors (Lipinski definition) is 3. The van der Waals surface area contributed by atoms with E-state index in [4.69, 9.17) is 9.84 Å². The highest BCUT2D eigenvalue weighted by Crippen LogP contribution is 2.22. The van der Waals surface area contributed by atoms with E-state index in [0.717, 1.165) is 16.9 Å². The molecule has 2 aromatic rings. The van der Waals surface area contributed by atoms with Crippen LogP contribution in [0, 0.1) is 6.92 Å². The normalized spacial score (nSPS) is 10.1. The lowest BCUT2D eigenvalue weighted by atomic mass is 10.2. The van der Waals surface area contributed by atoms with Crippen molar-refractivity contribution in [3.05, 3.63) is 53.7 Å². The van der Waals surface area contributed by atoms with Crippen LogP contribution in [-0.4, -0.2) is 10.1 Å². The van der Waals surface area contributed by atoms with Crippen LogP contribution in [0.2, 0.25) is 0 Å². The minimum absolute atomic E-state index is 0.00234. The number of aliphatic hydroxyl groups excluding tert-OH is 1. The van der Waals surface area contributed by atoms with E-state index in [1.54, 1.807) is 18.3 Å². The molecular weight excluding hydrogens is 202 g/mol. The zero-order valence-corrected chi connectivity index (χ0v) is 9.05. The molecule has 0 aliphatic heterocycles. The van der Waals surface area contributed by atoms with Gasteiger partial charge in [0.05, 0.1) is 6.61 Å². The lowest BCUT2D eigenvalue weighted by Gasteiger charge is -2.07. The number of nitrogens with zero attached hydrogens (tertiary/aromatic N) is 1. The van der Waals surface area contributed by atoms with Crippen molar-refractivity contribution >= 4 is 0 Å². The van der Waals surface area contributed by atoms with E-state index in [-0.39, 0.29) is 6.61 Å². The third-order valence-electron chi connectivity index (χ3n) is 2.29. The Balaban J connectivity index is 2.18. The number of pyridine rings is 1. The Hall–Kier alpha value is -1.87. The highest BCUT2D eigenvalue weighted by atomic mass is 16.5. The Morgan fingerprint density at radius 1 is 1.19 bits per heavy atom. The fraction of sp³-hybridized carbons (Fsp3) is 0.154. The Morgan fingerprint density at radius 2 is 2.00 bits per heavy atom. The van der Waals surface area contributed by atoms with Crippen molar-refractivity contribution in [3.63, 3.8) is 0 Å². The predicted molar refractivity (Wildman–Crippen MR) is 61.4 cm³/mol. The van der Waals surface area contributed by atoms with Gasteiger partial charge < -0.3 is 9.84 Å². The Bertz CT molecular complexity index is 466. The number of aromatic nitrogens is 1. The van der Waals surface area contributed by atoms with Gasteiger partial charge in [0.2, 0.25) is 5.88 Å². The standard InChI is InChI=1S/C13H13NO2/c1-10-4-2-3-5-12(10)16-13-7-6-11(9-15)8-14-13/h2-8,15H,9H2,1H3. The summed E-state index contributed by atoms with van der Waals surface area (Å²) in [6.07, 6.45) is 1.60. The van der Waals surface area contributed by atoms with E-state index in [1.807, 2.05) is 31.2 Å². The van der Waals surface area contributed by atoms with E-state index in [2.05, 4.69) is 4.98 Å². The van der Waals surface area contributed by atoms with Gasteiger partial charge >= 0.3 is 0 Å². The molecule has 0 saturated carbocycles. The van der Waals surface area contributed by atoms with E-state index in [9.17, 15) is 0 Å². The molecular formula is C13H13NO2. The minimum Gasteiger partial charge on any atom is -0.439 e. The summed E-state index contributed by atoms with van der Waals surface area (Å²) in [5, 5.41) is 8.88. The van der Waals surface area contributed by atoms with Crippen LogP contribution in [0.3, 0.4) is 0 Å². The molecule has 1 aromatic carbocycles. The van der Waals surface area contributed by atoms with Gasteiger partial charge in [-0.1, -0.05) is 18.2 Å². The maximum absolute atomic E-state index is 8.88. The first-order valence-electron chi connectivity index (χ1n) is 5.09. The summed E-state index contributed by atoms with van der Waals surface area (Å²) in [4.78, 5) is 4.10. The topological polar surface area (TPSA) is 42.4 Å². The second-order valence-electron chi connectivity index (χ2n) is 3.53. The maximum Gasteiger partial charge on any atom is 0.219 e. The van der Waals surface area contributed by atoms with E-state index < -0.39 is 0 Å². The Labute approximate surface area is 94.3 Å². The zero-order valence-electron chi connectivity index (χ0n) is 9.05. The zero-order chi connectivity index (χ0) is 11.4. The summed E-state index contributed by atoms with van der Waals surface area (Å²) >= 11 is 0. The van der Waals surface area contributed by atoms with Crippen LogP contribution >= 0.6 is 0 Å². The maximum atomic E-state index is 8.88. The summed E-state index contributed by atoms with van der Waals surface area (Å²) in [5.41, 5.74) is 1.84. The molecule has 0 bridgehead atoms. The third-order valence-corrected chi connectivity index (χ3v) is 2.29. The molecule has 0 atom stereocenters. The fourth-order valence-corrected chi connectivity index (χ4v) is 1.35. The van der Waals surface area contributed by atoms with Crippen molar-refractivity contribution in [2.75, 3.05) is 0 Å². The monoisotopic (exact) mass is 215 g/mol. The summed E-state index contributed by atoms with van der Waals surface area (Å²) in [7, 11) is 0. The highest BCUT2D eigenvalue weighted by Gasteiger charge is 2.01. The second-order valence-corrected chi connectivity index (χ2v) is 3.53. The van der Waals surface area contributed by atoms with Crippen molar-refractivity contribution in [1.29, 1.82) is 0 Å². The summed E-state index contributed by atoms with van der Waals surface area (Å²) in [6, 6.07) is 11.3. The number of aryl methyl sites for hydroxylation is 1. The van der Waals surface area contributed by atoms with Crippen molar-refractivity contribution in [2.45, 2.75) is 13.5 Å². The molecule has 0 aliphatic carbocycles. The smallest absolute Gasteiger partial charge is 0.219 e. The van der Waals surface area contributed by atoms with Crippen molar-refractivity contribution in [2.24, 2.45) is 0 Å². The molecule has 2 rings (SSSR count). The van der Waals surface area contributed by atoms with E-state index >= 15 is 0 Å². The molecule has 1 N–H and O–H groups in total. The van der Waals surface area contributed by atoms with Crippen LogP contribution in [-0.2, 0) is 6.61 Å². The van der Waals surface area contributed by atoms with Crippen LogP contribution in [0.25, 0.3) is 0 Å². The minimum atomic E-state index is -0.00234. The number of para-hydroxylation sites is 1. The molecule has 1 aromatic heterocycles. The summed E-state index contributed by atoms with van der Waals surface area (Å²) < 4.78 is 5.62. The second kappa shape index (κ2) is 4.77. The molecule has 3 nitrogen and oxygen atoms in total. The van der Waals surface area contributed by atoms with Gasteiger partial charge in [0, 0.05) is 12.3 Å². The molecule has 82 valence electrons. The molecule has 0 fully saturated rings. The number of ether oxygens (including phenoxy) is 1. The molecule has 0 aliphatic rings. The molecule has 0 spiro atoms. The molecule has 0 unspecified atom stereocenters. The quantitative estimate of drug-likeness (QED) is 0.855. The highest BCUT2D eigenvalue weighted by molar-refractivity contribution is 5.35. The van der Waals surface area contributed by atoms with Crippen LogP contribution in [0.15, 0.2) is 42.6 Å². The van der Waals surface area contributed by atoms with Gasteiger partial charge in [-0.05, 0) is 30.2 Å².